The molecule has 3 aliphatic rings. The lowest BCUT2D eigenvalue weighted by atomic mass is 9.61. The lowest BCUT2D eigenvalue weighted by molar-refractivity contribution is -0.140. The minimum Gasteiger partial charge on any atom is -0.393 e. The van der Waals surface area contributed by atoms with E-state index in [4.69, 9.17) is 0 Å². The van der Waals surface area contributed by atoms with E-state index in [0.29, 0.717) is 12.3 Å². The molecule has 0 aromatic heterocycles. The fraction of sp³-hybridized carbons (Fsp3) is 0.812. The largest absolute Gasteiger partial charge is 0.393 e. The zero-order valence-corrected chi connectivity index (χ0v) is 11.7. The molecule has 106 valence electrons. The molecule has 1 unspecified atom stereocenters. The molecule has 1 aliphatic heterocycles. The summed E-state index contributed by atoms with van der Waals surface area (Å²) in [4.78, 5) is 14.3. The van der Waals surface area contributed by atoms with Crippen molar-refractivity contribution < 1.29 is 9.90 Å². The number of piperidine rings is 1. The summed E-state index contributed by atoms with van der Waals surface area (Å²) in [6.45, 7) is 1.70. The van der Waals surface area contributed by atoms with Crippen LogP contribution in [0, 0.1) is 5.41 Å². The third-order valence-corrected chi connectivity index (χ3v) is 5.50. The number of carbonyl (C=O) groups excluding carboxylic acids is 1. The molecule has 1 atom stereocenters. The summed E-state index contributed by atoms with van der Waals surface area (Å²) in [5, 5.41) is 9.90. The number of carbonyl (C=O) groups is 1. The summed E-state index contributed by atoms with van der Waals surface area (Å²) in [7, 11) is 0. The van der Waals surface area contributed by atoms with Crippen molar-refractivity contribution in [2.24, 2.45) is 5.41 Å². The molecule has 0 aromatic rings. The maximum Gasteiger partial charge on any atom is 0.226 e. The fourth-order valence-corrected chi connectivity index (χ4v) is 3.84. The monoisotopic (exact) mass is 263 g/mol. The first-order valence-electron chi connectivity index (χ1n) is 7.83. The van der Waals surface area contributed by atoms with Crippen molar-refractivity contribution in [2.75, 3.05) is 13.1 Å². The molecule has 1 heterocycles. The molecule has 1 saturated carbocycles. The molecule has 2 aliphatic carbocycles. The summed E-state index contributed by atoms with van der Waals surface area (Å²) in [5.41, 5.74) is 1.51. The molecule has 3 nitrogen and oxygen atoms in total. The minimum atomic E-state index is -0.106. The van der Waals surface area contributed by atoms with E-state index in [1.165, 1.54) is 18.4 Å². The summed E-state index contributed by atoms with van der Waals surface area (Å²) in [6, 6.07) is 0. The molecule has 0 radical (unpaired) electrons. The zero-order chi connectivity index (χ0) is 13.3. The van der Waals surface area contributed by atoms with Crippen LogP contribution in [-0.4, -0.2) is 35.1 Å². The molecule has 19 heavy (non-hydrogen) atoms. The van der Waals surface area contributed by atoms with Gasteiger partial charge in [-0.15, -0.1) is 0 Å². The molecule has 1 N–H and O–H groups in total. The molecule has 1 spiro atoms. The van der Waals surface area contributed by atoms with Crippen LogP contribution in [0.4, 0.5) is 0 Å². The highest BCUT2D eigenvalue weighted by Crippen LogP contribution is 2.49. The Morgan fingerprint density at radius 2 is 2.11 bits per heavy atom. The Kier molecular flexibility index (Phi) is 3.66. The van der Waals surface area contributed by atoms with Gasteiger partial charge >= 0.3 is 0 Å². The van der Waals surface area contributed by atoms with Gasteiger partial charge in [0.25, 0.3) is 0 Å². The van der Waals surface area contributed by atoms with Gasteiger partial charge in [-0.25, -0.2) is 0 Å². The molecule has 0 bridgehead atoms. The highest BCUT2D eigenvalue weighted by Gasteiger charge is 2.47. The Morgan fingerprint density at radius 3 is 2.63 bits per heavy atom. The maximum absolute atomic E-state index is 12.3. The Hall–Kier alpha value is -0.830. The van der Waals surface area contributed by atoms with Gasteiger partial charge in [0.1, 0.15) is 0 Å². The SMILES string of the molecule is O=C(CC1=CCCCC1)N1CCC2(CCC2O)CC1. The van der Waals surface area contributed by atoms with Crippen LogP contribution in [0.15, 0.2) is 11.6 Å². The Labute approximate surface area is 115 Å². The second-order valence-corrected chi connectivity index (χ2v) is 6.58. The van der Waals surface area contributed by atoms with Crippen molar-refractivity contribution in [3.63, 3.8) is 0 Å². The molecule has 1 saturated heterocycles. The molecular weight excluding hydrogens is 238 g/mol. The average Bonchev–Trinajstić information content (AvgIpc) is 2.47. The number of hydrogen-bond acceptors (Lipinski definition) is 2. The van der Waals surface area contributed by atoms with Crippen LogP contribution in [0.2, 0.25) is 0 Å². The van der Waals surface area contributed by atoms with Gasteiger partial charge in [-0.3, -0.25) is 4.79 Å². The number of likely N-dealkylation sites (tertiary alicyclic amines) is 1. The number of nitrogens with zero attached hydrogens (tertiary/aromatic N) is 1. The van der Waals surface area contributed by atoms with Gasteiger partial charge in [-0.2, -0.15) is 0 Å². The third kappa shape index (κ3) is 2.58. The molecule has 1 amide bonds. The van der Waals surface area contributed by atoms with Crippen LogP contribution in [0.3, 0.4) is 0 Å². The van der Waals surface area contributed by atoms with Crippen molar-refractivity contribution in [3.05, 3.63) is 11.6 Å². The van der Waals surface area contributed by atoms with Gasteiger partial charge in [-0.05, 0) is 56.8 Å². The lowest BCUT2D eigenvalue weighted by Gasteiger charge is -2.51. The van der Waals surface area contributed by atoms with E-state index in [-0.39, 0.29) is 11.5 Å². The summed E-state index contributed by atoms with van der Waals surface area (Å²) >= 11 is 0. The third-order valence-electron chi connectivity index (χ3n) is 5.50. The van der Waals surface area contributed by atoms with Gasteiger partial charge in [0, 0.05) is 19.5 Å². The van der Waals surface area contributed by atoms with Gasteiger partial charge in [0.15, 0.2) is 0 Å². The van der Waals surface area contributed by atoms with Crippen molar-refractivity contribution in [1.82, 2.24) is 4.90 Å². The van der Waals surface area contributed by atoms with E-state index in [1.54, 1.807) is 0 Å². The van der Waals surface area contributed by atoms with E-state index >= 15 is 0 Å². The molecule has 0 aromatic carbocycles. The molecular formula is C16H25NO2. The van der Waals surface area contributed by atoms with Crippen molar-refractivity contribution in [2.45, 2.75) is 63.9 Å². The van der Waals surface area contributed by atoms with Crippen molar-refractivity contribution in [3.8, 4) is 0 Å². The highest BCUT2D eigenvalue weighted by molar-refractivity contribution is 5.78. The number of aliphatic hydroxyl groups excluding tert-OH is 1. The number of hydrogen-bond donors (Lipinski definition) is 1. The minimum absolute atomic E-state index is 0.106. The van der Waals surface area contributed by atoms with Crippen LogP contribution in [-0.2, 0) is 4.79 Å². The quantitative estimate of drug-likeness (QED) is 0.778. The van der Waals surface area contributed by atoms with Gasteiger partial charge in [0.2, 0.25) is 5.91 Å². The normalized spacial score (nSPS) is 29.8. The molecule has 3 rings (SSSR count). The van der Waals surface area contributed by atoms with Crippen LogP contribution in [0.25, 0.3) is 0 Å². The van der Waals surface area contributed by atoms with Crippen LogP contribution < -0.4 is 0 Å². The van der Waals surface area contributed by atoms with Crippen molar-refractivity contribution in [1.29, 1.82) is 0 Å². The number of amides is 1. The number of aliphatic hydroxyl groups is 1. The first-order valence-corrected chi connectivity index (χ1v) is 7.83. The highest BCUT2D eigenvalue weighted by atomic mass is 16.3. The lowest BCUT2D eigenvalue weighted by Crippen LogP contribution is -2.53. The van der Waals surface area contributed by atoms with E-state index in [0.717, 1.165) is 51.6 Å². The van der Waals surface area contributed by atoms with Crippen molar-refractivity contribution >= 4 is 5.91 Å². The number of rotatable bonds is 2. The maximum atomic E-state index is 12.3. The first kappa shape index (κ1) is 13.2. The van der Waals surface area contributed by atoms with Crippen LogP contribution in [0.5, 0.6) is 0 Å². The van der Waals surface area contributed by atoms with Crippen LogP contribution >= 0.6 is 0 Å². The first-order chi connectivity index (χ1) is 9.20. The topological polar surface area (TPSA) is 40.5 Å². The van der Waals surface area contributed by atoms with E-state index in [9.17, 15) is 9.90 Å². The predicted octanol–water partition coefficient (Wildman–Crippen LogP) is 2.64. The zero-order valence-electron chi connectivity index (χ0n) is 11.7. The fourth-order valence-electron chi connectivity index (χ4n) is 3.84. The Bertz CT molecular complexity index is 380. The number of allylic oxidation sites excluding steroid dienone is 1. The molecule has 3 heteroatoms. The Balaban J connectivity index is 1.50. The van der Waals surface area contributed by atoms with E-state index in [2.05, 4.69) is 6.08 Å². The van der Waals surface area contributed by atoms with Crippen LogP contribution in [0.1, 0.15) is 57.8 Å². The average molecular weight is 263 g/mol. The predicted molar refractivity (Wildman–Crippen MR) is 74.7 cm³/mol. The molecule has 2 fully saturated rings. The second kappa shape index (κ2) is 5.28. The van der Waals surface area contributed by atoms with Gasteiger partial charge in [-0.1, -0.05) is 11.6 Å². The Morgan fingerprint density at radius 1 is 1.32 bits per heavy atom. The van der Waals surface area contributed by atoms with E-state index < -0.39 is 0 Å². The second-order valence-electron chi connectivity index (χ2n) is 6.58. The summed E-state index contributed by atoms with van der Waals surface area (Å²) in [5.74, 6) is 0.303. The van der Waals surface area contributed by atoms with E-state index in [1.807, 2.05) is 4.90 Å². The summed E-state index contributed by atoms with van der Waals surface area (Å²) < 4.78 is 0. The van der Waals surface area contributed by atoms with Gasteiger partial charge in [0.05, 0.1) is 6.10 Å². The van der Waals surface area contributed by atoms with Gasteiger partial charge < -0.3 is 10.0 Å². The summed E-state index contributed by atoms with van der Waals surface area (Å²) in [6.07, 6.45) is 11.7. The smallest absolute Gasteiger partial charge is 0.226 e. The standard InChI is InChI=1S/C16H25NO2/c18-14-6-7-16(14)8-10-17(11-9-16)15(19)12-13-4-2-1-3-5-13/h4,14,18H,1-3,5-12H2.